The van der Waals surface area contributed by atoms with Gasteiger partial charge in [-0.25, -0.2) is 0 Å². The van der Waals surface area contributed by atoms with Crippen LogP contribution in [0.15, 0.2) is 0 Å². The molecule has 1 heterocycles. The molecule has 1 aliphatic heterocycles. The maximum absolute atomic E-state index is 10.7. The summed E-state index contributed by atoms with van der Waals surface area (Å²) in [5, 5.41) is 0. The molecule has 1 N–H and O–H groups in total. The van der Waals surface area contributed by atoms with Crippen molar-refractivity contribution in [2.24, 2.45) is 5.92 Å². The maximum atomic E-state index is 10.7. The highest BCUT2D eigenvalue weighted by atomic mass is 32.2. The fraction of sp³-hybridized carbons (Fsp3) is 1.00. The van der Waals surface area contributed by atoms with Crippen LogP contribution in [0, 0.1) is 5.92 Å². The zero-order valence-corrected chi connectivity index (χ0v) is 9.05. The third kappa shape index (κ3) is 3.62. The molecule has 0 bridgehead atoms. The Morgan fingerprint density at radius 3 is 2.23 bits per heavy atom. The van der Waals surface area contributed by atoms with Crippen molar-refractivity contribution in [2.45, 2.75) is 19.8 Å². The molecule has 0 aromatic heterocycles. The Bertz CT molecular complexity index is 265. The molecule has 78 valence electrons. The fourth-order valence-corrected chi connectivity index (χ4v) is 2.89. The van der Waals surface area contributed by atoms with Crippen LogP contribution >= 0.6 is 0 Å². The van der Waals surface area contributed by atoms with Gasteiger partial charge >= 0.3 is 10.1 Å². The van der Waals surface area contributed by atoms with Crippen molar-refractivity contribution in [3.63, 3.8) is 0 Å². The van der Waals surface area contributed by atoms with Gasteiger partial charge in [0.2, 0.25) is 5.88 Å². The van der Waals surface area contributed by atoms with Crippen LogP contribution in [0.3, 0.4) is 0 Å². The van der Waals surface area contributed by atoms with E-state index >= 15 is 0 Å². The Hall–Kier alpha value is -0.130. The van der Waals surface area contributed by atoms with Gasteiger partial charge in [-0.15, -0.1) is 0 Å². The Kier molecular flexibility index (Phi) is 2.99. The Morgan fingerprint density at radius 1 is 1.38 bits per heavy atom. The molecule has 1 fully saturated rings. The molecule has 0 amide bonds. The highest BCUT2D eigenvalue weighted by Gasteiger charge is 2.32. The molecule has 0 saturated carbocycles. The zero-order chi connectivity index (χ0) is 10.1. The number of quaternary nitrogens is 1. The van der Waals surface area contributed by atoms with E-state index in [0.29, 0.717) is 10.4 Å². The highest BCUT2D eigenvalue weighted by molar-refractivity contribution is 7.85. The monoisotopic (exact) mass is 208 g/mol. The van der Waals surface area contributed by atoms with Gasteiger partial charge in [0.05, 0.1) is 20.1 Å². The first kappa shape index (κ1) is 10.9. The van der Waals surface area contributed by atoms with E-state index in [2.05, 4.69) is 6.92 Å². The first-order valence-electron chi connectivity index (χ1n) is 4.59. The van der Waals surface area contributed by atoms with Gasteiger partial charge in [0.15, 0.2) is 0 Å². The van der Waals surface area contributed by atoms with Crippen LogP contribution in [-0.2, 0) is 10.1 Å². The van der Waals surface area contributed by atoms with Crippen molar-refractivity contribution in [1.29, 1.82) is 0 Å². The minimum absolute atomic E-state index is 0.139. The largest absolute Gasteiger partial charge is 0.316 e. The number of hydrogen-bond donors (Lipinski definition) is 1. The predicted octanol–water partition coefficient (Wildman–Crippen LogP) is 0.708. The van der Waals surface area contributed by atoms with Gasteiger partial charge < -0.3 is 4.48 Å². The summed E-state index contributed by atoms with van der Waals surface area (Å²) in [4.78, 5) is 0. The van der Waals surface area contributed by atoms with Crippen molar-refractivity contribution in [2.75, 3.05) is 26.0 Å². The molecule has 0 unspecified atom stereocenters. The van der Waals surface area contributed by atoms with E-state index in [0.717, 1.165) is 25.9 Å². The van der Waals surface area contributed by atoms with Crippen LogP contribution in [0.2, 0.25) is 0 Å². The topological polar surface area (TPSA) is 54.4 Å². The average Bonchev–Trinajstić information content (AvgIpc) is 1.92. The Morgan fingerprint density at radius 2 is 1.85 bits per heavy atom. The molecular formula is C8H18NO3S+. The third-order valence-corrected chi connectivity index (χ3v) is 3.75. The first-order valence-corrected chi connectivity index (χ1v) is 6.20. The second-order valence-corrected chi connectivity index (χ2v) is 5.88. The fourth-order valence-electron chi connectivity index (χ4n) is 1.84. The van der Waals surface area contributed by atoms with Crippen molar-refractivity contribution in [3.8, 4) is 0 Å². The summed E-state index contributed by atoms with van der Waals surface area (Å²) in [7, 11) is -1.94. The van der Waals surface area contributed by atoms with Crippen molar-refractivity contribution in [3.05, 3.63) is 0 Å². The second-order valence-electron chi connectivity index (χ2n) is 4.46. The van der Waals surface area contributed by atoms with Gasteiger partial charge in [-0.2, -0.15) is 8.42 Å². The van der Waals surface area contributed by atoms with Crippen LogP contribution < -0.4 is 0 Å². The Balaban J connectivity index is 2.58. The summed E-state index contributed by atoms with van der Waals surface area (Å²) in [6.45, 7) is 3.87. The molecule has 0 atom stereocenters. The van der Waals surface area contributed by atoms with E-state index in [1.807, 2.05) is 7.05 Å². The lowest BCUT2D eigenvalue weighted by Crippen LogP contribution is -2.52. The van der Waals surface area contributed by atoms with Gasteiger partial charge in [-0.1, -0.05) is 6.92 Å². The highest BCUT2D eigenvalue weighted by Crippen LogP contribution is 2.21. The average molecular weight is 208 g/mol. The van der Waals surface area contributed by atoms with Crippen molar-refractivity contribution >= 4 is 10.1 Å². The number of nitrogens with zero attached hydrogens (tertiary/aromatic N) is 1. The molecule has 0 aliphatic carbocycles. The molecular weight excluding hydrogens is 190 g/mol. The molecule has 0 spiro atoms. The molecule has 0 radical (unpaired) electrons. The quantitative estimate of drug-likeness (QED) is 0.537. The van der Waals surface area contributed by atoms with E-state index in [9.17, 15) is 8.42 Å². The van der Waals surface area contributed by atoms with Crippen LogP contribution in [0.4, 0.5) is 0 Å². The van der Waals surface area contributed by atoms with E-state index in [1.54, 1.807) is 0 Å². The normalized spacial score (nSPS) is 36.1. The lowest BCUT2D eigenvalue weighted by molar-refractivity contribution is -0.904. The van der Waals surface area contributed by atoms with Gasteiger partial charge in [0.1, 0.15) is 0 Å². The number of likely N-dealkylation sites (tertiary alicyclic amines) is 1. The summed E-state index contributed by atoms with van der Waals surface area (Å²) in [6.07, 6.45) is 2.10. The van der Waals surface area contributed by atoms with Crippen LogP contribution in [0.5, 0.6) is 0 Å². The second kappa shape index (κ2) is 3.55. The predicted molar refractivity (Wildman–Crippen MR) is 50.7 cm³/mol. The minimum atomic E-state index is -3.83. The molecule has 1 aliphatic rings. The van der Waals surface area contributed by atoms with E-state index < -0.39 is 10.1 Å². The van der Waals surface area contributed by atoms with Crippen LogP contribution in [0.1, 0.15) is 19.8 Å². The first-order chi connectivity index (χ1) is 5.81. The van der Waals surface area contributed by atoms with Crippen molar-refractivity contribution < 1.29 is 17.5 Å². The zero-order valence-electron chi connectivity index (χ0n) is 8.23. The summed E-state index contributed by atoms with van der Waals surface area (Å²) in [6, 6.07) is 0. The maximum Gasteiger partial charge on any atom is 0.316 e. The van der Waals surface area contributed by atoms with Gasteiger partial charge in [-0.3, -0.25) is 4.55 Å². The smallest absolute Gasteiger partial charge is 0.311 e. The van der Waals surface area contributed by atoms with E-state index in [4.69, 9.17) is 4.55 Å². The van der Waals surface area contributed by atoms with E-state index in [-0.39, 0.29) is 5.88 Å². The Labute approximate surface area is 79.9 Å². The third-order valence-electron chi connectivity index (χ3n) is 2.80. The molecule has 4 nitrogen and oxygen atoms in total. The molecule has 1 saturated heterocycles. The lowest BCUT2D eigenvalue weighted by atomic mass is 9.98. The summed E-state index contributed by atoms with van der Waals surface area (Å²) < 4.78 is 30.7. The molecule has 13 heavy (non-hydrogen) atoms. The molecule has 0 aromatic carbocycles. The summed E-state index contributed by atoms with van der Waals surface area (Å²) in [5.41, 5.74) is 0. The van der Waals surface area contributed by atoms with Gasteiger partial charge in [0.25, 0.3) is 0 Å². The number of rotatable bonds is 2. The van der Waals surface area contributed by atoms with Crippen LogP contribution in [-0.4, -0.2) is 43.5 Å². The van der Waals surface area contributed by atoms with Crippen molar-refractivity contribution in [1.82, 2.24) is 0 Å². The van der Waals surface area contributed by atoms with Gasteiger partial charge in [0, 0.05) is 0 Å². The number of piperidine rings is 1. The molecule has 1 rings (SSSR count). The summed E-state index contributed by atoms with van der Waals surface area (Å²) >= 11 is 0. The SMILES string of the molecule is CC1CC[N+](C)(CS(=O)(=O)O)CC1. The lowest BCUT2D eigenvalue weighted by Gasteiger charge is -2.38. The van der Waals surface area contributed by atoms with E-state index in [1.165, 1.54) is 0 Å². The summed E-state index contributed by atoms with van der Waals surface area (Å²) in [5.74, 6) is 0.548. The standard InChI is InChI=1S/C8H17NO3S/c1-8-3-5-9(2,6-4-8)7-13(10,11)12/h8H,3-7H2,1-2H3/p+1. The van der Waals surface area contributed by atoms with Gasteiger partial charge in [-0.05, 0) is 18.8 Å². The molecule has 0 aromatic rings. The minimum Gasteiger partial charge on any atom is -0.311 e. The van der Waals surface area contributed by atoms with Crippen LogP contribution in [0.25, 0.3) is 0 Å². The number of hydrogen-bond acceptors (Lipinski definition) is 2. The molecule has 5 heteroatoms.